The monoisotopic (exact) mass is 580 g/mol. The summed E-state index contributed by atoms with van der Waals surface area (Å²) in [5, 5.41) is 10.6. The Morgan fingerprint density at radius 1 is 1.20 bits per heavy atom. The number of halogens is 3. The van der Waals surface area contributed by atoms with Crippen LogP contribution in [0.1, 0.15) is 27.2 Å². The summed E-state index contributed by atoms with van der Waals surface area (Å²) < 4.78 is 41.4. The van der Waals surface area contributed by atoms with Gasteiger partial charge in [-0.3, -0.25) is 4.98 Å². The number of anilines is 1. The maximum absolute atomic E-state index is 16.2. The molecule has 212 valence electrons. The Kier molecular flexibility index (Phi) is 7.53. The Morgan fingerprint density at radius 3 is 2.68 bits per heavy atom. The minimum absolute atomic E-state index is 0.0483. The van der Waals surface area contributed by atoms with Gasteiger partial charge in [0.15, 0.2) is 5.82 Å². The number of fused-ring (bicyclic) bond motifs is 2. The summed E-state index contributed by atoms with van der Waals surface area (Å²) in [7, 11) is 1.37. The van der Waals surface area contributed by atoms with E-state index in [0.29, 0.717) is 34.1 Å². The predicted molar refractivity (Wildman–Crippen MR) is 151 cm³/mol. The van der Waals surface area contributed by atoms with Gasteiger partial charge in [-0.15, -0.1) is 0 Å². The Hall–Kier alpha value is -4.30. The predicted octanol–water partition coefficient (Wildman–Crippen LogP) is 6.12. The molecule has 0 radical (unpaired) electrons. The van der Waals surface area contributed by atoms with Crippen molar-refractivity contribution in [1.29, 1.82) is 5.26 Å². The Labute approximate surface area is 240 Å². The molecule has 1 saturated heterocycles. The number of pyridine rings is 1. The molecule has 0 bridgehead atoms. The van der Waals surface area contributed by atoms with Gasteiger partial charge in [-0.2, -0.15) is 15.2 Å². The smallest absolute Gasteiger partial charge is 0.410 e. The second-order valence-corrected chi connectivity index (χ2v) is 11.0. The van der Waals surface area contributed by atoms with Gasteiger partial charge in [-0.05, 0) is 32.2 Å². The second kappa shape index (κ2) is 10.9. The van der Waals surface area contributed by atoms with E-state index in [0.717, 1.165) is 0 Å². The van der Waals surface area contributed by atoms with Gasteiger partial charge in [0.25, 0.3) is 0 Å². The quantitative estimate of drug-likeness (QED) is 0.284. The largest absolute Gasteiger partial charge is 0.467 e. The maximum Gasteiger partial charge on any atom is 0.410 e. The third-order valence-corrected chi connectivity index (χ3v) is 7.12. The molecule has 1 aliphatic heterocycles. The van der Waals surface area contributed by atoms with Crippen molar-refractivity contribution in [1.82, 2.24) is 19.9 Å². The van der Waals surface area contributed by atoms with E-state index in [2.05, 4.69) is 21.0 Å². The molecule has 1 fully saturated rings. The summed E-state index contributed by atoms with van der Waals surface area (Å²) in [4.78, 5) is 29.4. The van der Waals surface area contributed by atoms with Crippen LogP contribution in [-0.2, 0) is 4.74 Å². The first-order valence-corrected chi connectivity index (χ1v) is 13.3. The lowest BCUT2D eigenvalue weighted by atomic mass is 10.0. The summed E-state index contributed by atoms with van der Waals surface area (Å²) in [6, 6.07) is 9.46. The molecule has 2 aromatic carbocycles. The third-order valence-electron chi connectivity index (χ3n) is 6.75. The van der Waals surface area contributed by atoms with E-state index in [4.69, 9.17) is 21.1 Å². The summed E-state index contributed by atoms with van der Waals surface area (Å²) >= 11 is 6.30. The van der Waals surface area contributed by atoms with E-state index in [1.54, 1.807) is 45.0 Å². The molecule has 5 rings (SSSR count). The second-order valence-electron chi connectivity index (χ2n) is 10.6. The van der Waals surface area contributed by atoms with Crippen molar-refractivity contribution in [2.24, 2.45) is 0 Å². The van der Waals surface area contributed by atoms with Crippen molar-refractivity contribution in [2.75, 3.05) is 31.6 Å². The van der Waals surface area contributed by atoms with Crippen LogP contribution < -0.4 is 9.64 Å². The molecule has 1 aliphatic rings. The van der Waals surface area contributed by atoms with Crippen LogP contribution in [0.15, 0.2) is 36.5 Å². The standard InChI is InChI=1S/C29H27ClF2N6O3/c1-29(2,3)41-28(39)38-13-12-37(15-17(38)10-11-33)26-19-14-34-24(23(32)25(19)35-27(36-26)40-4)18-7-5-6-16-8-9-20(31)22(30)21(16)18/h5-9,14,17H,10,12-13,15H2,1-4H3/t17-/m0/s1. The van der Waals surface area contributed by atoms with E-state index in [-0.39, 0.29) is 41.8 Å². The van der Waals surface area contributed by atoms with E-state index in [9.17, 15) is 14.4 Å². The van der Waals surface area contributed by atoms with Crippen LogP contribution in [0, 0.1) is 23.0 Å². The lowest BCUT2D eigenvalue weighted by Gasteiger charge is -2.41. The fourth-order valence-electron chi connectivity index (χ4n) is 4.94. The Balaban J connectivity index is 1.59. The number of nitriles is 1. The van der Waals surface area contributed by atoms with Gasteiger partial charge in [-0.25, -0.2) is 13.6 Å². The van der Waals surface area contributed by atoms with Gasteiger partial charge in [0, 0.05) is 36.8 Å². The van der Waals surface area contributed by atoms with Gasteiger partial charge in [0.2, 0.25) is 0 Å². The van der Waals surface area contributed by atoms with Gasteiger partial charge in [-0.1, -0.05) is 35.9 Å². The molecule has 9 nitrogen and oxygen atoms in total. The molecule has 12 heteroatoms. The SMILES string of the molecule is COc1nc(N2CCN(C(=O)OC(C)(C)C)[C@@H](CC#N)C2)c2cnc(-c3cccc4ccc(F)c(Cl)c34)c(F)c2n1. The first kappa shape index (κ1) is 28.2. The molecule has 1 atom stereocenters. The zero-order valence-corrected chi connectivity index (χ0v) is 23.7. The Bertz CT molecular complexity index is 1700. The molecular formula is C29H27ClF2N6O3. The summed E-state index contributed by atoms with van der Waals surface area (Å²) in [6.45, 7) is 6.15. The Morgan fingerprint density at radius 2 is 1.98 bits per heavy atom. The summed E-state index contributed by atoms with van der Waals surface area (Å²) in [5.41, 5.74) is -0.486. The van der Waals surface area contributed by atoms with Crippen LogP contribution in [-0.4, -0.2) is 64.3 Å². The average Bonchev–Trinajstić information content (AvgIpc) is 2.94. The van der Waals surface area contributed by atoms with Crippen LogP contribution >= 0.6 is 11.6 Å². The third kappa shape index (κ3) is 5.39. The van der Waals surface area contributed by atoms with Crippen molar-refractivity contribution in [3.8, 4) is 23.3 Å². The number of carbonyl (C=O) groups excluding carboxylic acids is 1. The number of ether oxygens (including phenoxy) is 2. The maximum atomic E-state index is 16.2. The molecule has 1 amide bonds. The van der Waals surface area contributed by atoms with Crippen LogP contribution in [0.25, 0.3) is 32.9 Å². The molecule has 0 unspecified atom stereocenters. The first-order chi connectivity index (χ1) is 19.5. The van der Waals surface area contributed by atoms with E-state index in [1.807, 2.05) is 4.90 Å². The lowest BCUT2D eigenvalue weighted by Crippen LogP contribution is -2.56. The molecule has 41 heavy (non-hydrogen) atoms. The number of methoxy groups -OCH3 is 1. The highest BCUT2D eigenvalue weighted by molar-refractivity contribution is 6.36. The van der Waals surface area contributed by atoms with Crippen molar-refractivity contribution in [2.45, 2.75) is 38.8 Å². The van der Waals surface area contributed by atoms with E-state index in [1.165, 1.54) is 24.3 Å². The highest BCUT2D eigenvalue weighted by Gasteiger charge is 2.35. The summed E-state index contributed by atoms with van der Waals surface area (Å²) in [5.74, 6) is -1.03. The van der Waals surface area contributed by atoms with Crippen LogP contribution in [0.5, 0.6) is 6.01 Å². The normalized spacial score (nSPS) is 15.7. The fraction of sp³-hybridized carbons (Fsp3) is 0.345. The molecule has 4 aromatic rings. The van der Waals surface area contributed by atoms with E-state index < -0.39 is 29.4 Å². The number of aromatic nitrogens is 3. The highest BCUT2D eigenvalue weighted by Crippen LogP contribution is 2.38. The van der Waals surface area contributed by atoms with Crippen molar-refractivity contribution < 1.29 is 23.0 Å². The fourth-order valence-corrected chi connectivity index (χ4v) is 5.21. The minimum Gasteiger partial charge on any atom is -0.467 e. The van der Waals surface area contributed by atoms with Gasteiger partial charge in [0.1, 0.15) is 28.4 Å². The first-order valence-electron chi connectivity index (χ1n) is 12.9. The number of piperazine rings is 1. The number of benzene rings is 2. The summed E-state index contributed by atoms with van der Waals surface area (Å²) in [6.07, 6.45) is 1.00. The molecule has 0 N–H and O–H groups in total. The van der Waals surface area contributed by atoms with Gasteiger partial charge < -0.3 is 19.3 Å². The number of amides is 1. The van der Waals surface area contributed by atoms with Crippen LogP contribution in [0.4, 0.5) is 19.4 Å². The molecule has 0 aliphatic carbocycles. The highest BCUT2D eigenvalue weighted by atomic mass is 35.5. The molecule has 0 saturated carbocycles. The molecular weight excluding hydrogens is 554 g/mol. The number of hydrogen-bond acceptors (Lipinski definition) is 8. The van der Waals surface area contributed by atoms with Gasteiger partial charge in [0.05, 0.1) is 36.1 Å². The van der Waals surface area contributed by atoms with Crippen LogP contribution in [0.3, 0.4) is 0 Å². The van der Waals surface area contributed by atoms with Crippen LogP contribution in [0.2, 0.25) is 5.02 Å². The number of carbonyl (C=O) groups is 1. The topological polar surface area (TPSA) is 104 Å². The molecule has 0 spiro atoms. The zero-order valence-electron chi connectivity index (χ0n) is 22.9. The average molecular weight is 581 g/mol. The number of rotatable bonds is 4. The number of nitrogens with zero attached hydrogens (tertiary/aromatic N) is 6. The van der Waals surface area contributed by atoms with Gasteiger partial charge >= 0.3 is 12.1 Å². The molecule has 2 aromatic heterocycles. The van der Waals surface area contributed by atoms with Crippen molar-refractivity contribution in [3.05, 3.63) is 53.2 Å². The van der Waals surface area contributed by atoms with Crippen molar-refractivity contribution in [3.63, 3.8) is 0 Å². The molecule has 3 heterocycles. The lowest BCUT2D eigenvalue weighted by molar-refractivity contribution is 0.0145. The van der Waals surface area contributed by atoms with Crippen molar-refractivity contribution >= 4 is 45.2 Å². The van der Waals surface area contributed by atoms with E-state index >= 15 is 4.39 Å². The number of hydrogen-bond donors (Lipinski definition) is 0. The zero-order chi connectivity index (χ0) is 29.5. The minimum atomic E-state index is -0.752.